The average Bonchev–Trinajstić information content (AvgIpc) is 2.90. The summed E-state index contributed by atoms with van der Waals surface area (Å²) >= 11 is 5.95. The lowest BCUT2D eigenvalue weighted by molar-refractivity contribution is -0.125. The minimum atomic E-state index is -0.580. The number of amides is 1. The van der Waals surface area contributed by atoms with E-state index in [0.717, 1.165) is 44.1 Å². The Morgan fingerprint density at radius 3 is 2.62 bits per heavy atom. The van der Waals surface area contributed by atoms with Gasteiger partial charge in [0.15, 0.2) is 12.4 Å². The lowest BCUT2D eigenvalue weighted by Crippen LogP contribution is -2.48. The van der Waals surface area contributed by atoms with E-state index in [1.165, 1.54) is 0 Å². The predicted octanol–water partition coefficient (Wildman–Crippen LogP) is 4.08. The number of aryl methyl sites for hydroxylation is 2. The van der Waals surface area contributed by atoms with Gasteiger partial charge in [-0.2, -0.15) is 4.98 Å². The second-order valence-corrected chi connectivity index (χ2v) is 7.32. The van der Waals surface area contributed by atoms with E-state index in [-0.39, 0.29) is 12.5 Å². The Labute approximate surface area is 158 Å². The fourth-order valence-corrected chi connectivity index (χ4v) is 3.68. The number of nitrogens with zero attached hydrogens (tertiary/aromatic N) is 2. The molecule has 6 nitrogen and oxygen atoms in total. The number of carbonyl (C=O) groups excluding carboxylic acids is 1. The highest BCUT2D eigenvalue weighted by molar-refractivity contribution is 6.30. The number of rotatable bonds is 5. The zero-order valence-corrected chi connectivity index (χ0v) is 15.9. The van der Waals surface area contributed by atoms with E-state index in [0.29, 0.717) is 22.5 Å². The topological polar surface area (TPSA) is 77.2 Å². The first kappa shape index (κ1) is 18.7. The minimum absolute atomic E-state index is 0.0684. The summed E-state index contributed by atoms with van der Waals surface area (Å²) in [6, 6.07) is 5.33. The number of carbonyl (C=O) groups is 1. The summed E-state index contributed by atoms with van der Waals surface area (Å²) in [6.45, 7) is 3.59. The normalized spacial score (nSPS) is 16.7. The Hall–Kier alpha value is -2.08. The molecule has 2 aromatic rings. The molecule has 0 saturated heterocycles. The molecule has 0 aliphatic heterocycles. The van der Waals surface area contributed by atoms with Crippen LogP contribution in [0.3, 0.4) is 0 Å². The van der Waals surface area contributed by atoms with Crippen molar-refractivity contribution in [1.82, 2.24) is 15.5 Å². The third-order valence-corrected chi connectivity index (χ3v) is 5.02. The van der Waals surface area contributed by atoms with Gasteiger partial charge < -0.3 is 14.6 Å². The van der Waals surface area contributed by atoms with E-state index in [2.05, 4.69) is 15.5 Å². The standard InChI is InChI=1S/C19H24ClN3O3/c1-13-11-15(20)7-8-16(13)25-12-17(24)22-19(9-5-3-4-6-10-19)18-21-14(2)26-23-18/h7-8,11H,3-6,9-10,12H2,1-2H3,(H,22,24). The molecule has 3 rings (SSSR count). The first-order valence-corrected chi connectivity index (χ1v) is 9.37. The van der Waals surface area contributed by atoms with Gasteiger partial charge in [-0.3, -0.25) is 4.79 Å². The van der Waals surface area contributed by atoms with Crippen molar-refractivity contribution in [2.24, 2.45) is 0 Å². The molecule has 0 atom stereocenters. The second-order valence-electron chi connectivity index (χ2n) is 6.88. The Balaban J connectivity index is 1.71. The van der Waals surface area contributed by atoms with E-state index in [1.807, 2.05) is 13.0 Å². The smallest absolute Gasteiger partial charge is 0.258 e. The van der Waals surface area contributed by atoms with Crippen molar-refractivity contribution in [2.75, 3.05) is 6.61 Å². The Morgan fingerprint density at radius 2 is 2.00 bits per heavy atom. The van der Waals surface area contributed by atoms with Crippen molar-refractivity contribution in [1.29, 1.82) is 0 Å². The summed E-state index contributed by atoms with van der Waals surface area (Å²) in [6.07, 6.45) is 5.94. The highest BCUT2D eigenvalue weighted by atomic mass is 35.5. The van der Waals surface area contributed by atoms with Gasteiger partial charge in [-0.05, 0) is 43.5 Å². The van der Waals surface area contributed by atoms with Crippen molar-refractivity contribution in [2.45, 2.75) is 57.9 Å². The third-order valence-electron chi connectivity index (χ3n) is 4.79. The van der Waals surface area contributed by atoms with Gasteiger partial charge in [-0.1, -0.05) is 42.4 Å². The van der Waals surface area contributed by atoms with E-state index in [9.17, 15) is 4.79 Å². The van der Waals surface area contributed by atoms with Gasteiger partial charge in [0, 0.05) is 11.9 Å². The predicted molar refractivity (Wildman–Crippen MR) is 98.2 cm³/mol. The number of nitrogens with one attached hydrogen (secondary N) is 1. The minimum Gasteiger partial charge on any atom is -0.484 e. The maximum Gasteiger partial charge on any atom is 0.258 e. The van der Waals surface area contributed by atoms with Crippen LogP contribution in [0.4, 0.5) is 0 Å². The van der Waals surface area contributed by atoms with Crippen molar-refractivity contribution in [3.05, 3.63) is 40.5 Å². The lowest BCUT2D eigenvalue weighted by Gasteiger charge is -2.30. The molecule has 0 radical (unpaired) electrons. The summed E-state index contributed by atoms with van der Waals surface area (Å²) in [4.78, 5) is 17.0. The summed E-state index contributed by atoms with van der Waals surface area (Å²) in [5.74, 6) is 1.53. The van der Waals surface area contributed by atoms with Gasteiger partial charge in [-0.25, -0.2) is 0 Å². The van der Waals surface area contributed by atoms with Crippen LogP contribution >= 0.6 is 11.6 Å². The summed E-state index contributed by atoms with van der Waals surface area (Å²) < 4.78 is 10.8. The molecule has 1 aromatic carbocycles. The fraction of sp³-hybridized carbons (Fsp3) is 0.526. The van der Waals surface area contributed by atoms with Crippen LogP contribution in [0.1, 0.15) is 55.8 Å². The zero-order valence-electron chi connectivity index (χ0n) is 15.2. The average molecular weight is 378 g/mol. The molecule has 1 heterocycles. The largest absolute Gasteiger partial charge is 0.484 e. The molecule has 1 N–H and O–H groups in total. The number of hydrogen-bond donors (Lipinski definition) is 1. The first-order chi connectivity index (χ1) is 12.5. The van der Waals surface area contributed by atoms with Gasteiger partial charge in [-0.15, -0.1) is 0 Å². The van der Waals surface area contributed by atoms with Crippen LogP contribution in [0.25, 0.3) is 0 Å². The quantitative estimate of drug-likeness (QED) is 0.794. The summed E-state index contributed by atoms with van der Waals surface area (Å²) in [5.41, 5.74) is 0.312. The summed E-state index contributed by atoms with van der Waals surface area (Å²) in [5, 5.41) is 7.86. The molecule has 1 aliphatic rings. The zero-order chi connectivity index (χ0) is 18.6. The molecule has 140 valence electrons. The highest BCUT2D eigenvalue weighted by Gasteiger charge is 2.38. The molecule has 1 saturated carbocycles. The van der Waals surface area contributed by atoms with Gasteiger partial charge >= 0.3 is 0 Å². The van der Waals surface area contributed by atoms with Crippen molar-refractivity contribution in [3.63, 3.8) is 0 Å². The molecular weight excluding hydrogens is 354 g/mol. The van der Waals surface area contributed by atoms with Gasteiger partial charge in [0.2, 0.25) is 5.89 Å². The maximum absolute atomic E-state index is 12.6. The number of benzene rings is 1. The number of ether oxygens (including phenoxy) is 1. The van der Waals surface area contributed by atoms with Gasteiger partial charge in [0.05, 0.1) is 0 Å². The fourth-order valence-electron chi connectivity index (χ4n) is 3.45. The molecule has 1 aromatic heterocycles. The van der Waals surface area contributed by atoms with Crippen molar-refractivity contribution in [3.8, 4) is 5.75 Å². The number of hydrogen-bond acceptors (Lipinski definition) is 5. The molecule has 0 bridgehead atoms. The van der Waals surface area contributed by atoms with E-state index < -0.39 is 5.54 Å². The number of aromatic nitrogens is 2. The molecule has 1 aliphatic carbocycles. The molecule has 1 fully saturated rings. The van der Waals surface area contributed by atoms with E-state index in [4.69, 9.17) is 20.9 Å². The molecule has 7 heteroatoms. The molecule has 1 amide bonds. The Kier molecular flexibility index (Phi) is 5.81. The molecule has 0 unspecified atom stereocenters. The van der Waals surface area contributed by atoms with Crippen molar-refractivity contribution >= 4 is 17.5 Å². The van der Waals surface area contributed by atoms with Crippen molar-refractivity contribution < 1.29 is 14.1 Å². The molecule has 26 heavy (non-hydrogen) atoms. The first-order valence-electron chi connectivity index (χ1n) is 8.99. The maximum atomic E-state index is 12.6. The van der Waals surface area contributed by atoms with Gasteiger partial charge in [0.25, 0.3) is 5.91 Å². The SMILES string of the molecule is Cc1nc(C2(NC(=O)COc3ccc(Cl)cc3C)CCCCCC2)no1. The Morgan fingerprint density at radius 1 is 1.27 bits per heavy atom. The second kappa shape index (κ2) is 8.08. The monoisotopic (exact) mass is 377 g/mol. The van der Waals surface area contributed by atoms with Crippen LogP contribution in [0.15, 0.2) is 22.7 Å². The van der Waals surface area contributed by atoms with Crippen LogP contribution in [-0.2, 0) is 10.3 Å². The third kappa shape index (κ3) is 4.36. The van der Waals surface area contributed by atoms with Crippen LogP contribution in [0.2, 0.25) is 5.02 Å². The van der Waals surface area contributed by atoms with Crippen LogP contribution in [-0.4, -0.2) is 22.7 Å². The van der Waals surface area contributed by atoms with E-state index in [1.54, 1.807) is 19.1 Å². The molecule has 0 spiro atoms. The van der Waals surface area contributed by atoms with E-state index >= 15 is 0 Å². The number of halogens is 1. The lowest BCUT2D eigenvalue weighted by atomic mass is 9.89. The highest BCUT2D eigenvalue weighted by Crippen LogP contribution is 2.34. The summed E-state index contributed by atoms with van der Waals surface area (Å²) in [7, 11) is 0. The Bertz CT molecular complexity index is 767. The van der Waals surface area contributed by atoms with Crippen LogP contribution < -0.4 is 10.1 Å². The van der Waals surface area contributed by atoms with Crippen LogP contribution in [0.5, 0.6) is 5.75 Å². The van der Waals surface area contributed by atoms with Crippen LogP contribution in [0, 0.1) is 13.8 Å². The van der Waals surface area contributed by atoms with Gasteiger partial charge in [0.1, 0.15) is 11.3 Å². The molecular formula is C19H24ClN3O3.